The van der Waals surface area contributed by atoms with Gasteiger partial charge in [0.2, 0.25) is 0 Å². The highest BCUT2D eigenvalue weighted by molar-refractivity contribution is 5.05. The number of nitrogens with two attached hydrogens (primary N) is 1. The van der Waals surface area contributed by atoms with Crippen LogP contribution in [0.15, 0.2) is 12.4 Å². The van der Waals surface area contributed by atoms with Crippen molar-refractivity contribution in [3.63, 3.8) is 0 Å². The van der Waals surface area contributed by atoms with Crippen molar-refractivity contribution in [1.82, 2.24) is 9.78 Å². The van der Waals surface area contributed by atoms with Crippen LogP contribution in [0.3, 0.4) is 0 Å². The van der Waals surface area contributed by atoms with E-state index in [-0.39, 0.29) is 0 Å². The van der Waals surface area contributed by atoms with Gasteiger partial charge in [-0.2, -0.15) is 5.10 Å². The fourth-order valence-corrected chi connectivity index (χ4v) is 3.20. The van der Waals surface area contributed by atoms with Crippen molar-refractivity contribution in [2.75, 3.05) is 6.54 Å². The molecule has 0 bridgehead atoms. The molecule has 17 heavy (non-hydrogen) atoms. The molecule has 1 aliphatic rings. The average molecular weight is 235 g/mol. The summed E-state index contributed by atoms with van der Waals surface area (Å²) in [6.07, 6.45) is 11.8. The normalized spacial score (nSPS) is 28.8. The van der Waals surface area contributed by atoms with Gasteiger partial charge in [-0.15, -0.1) is 0 Å². The van der Waals surface area contributed by atoms with Gasteiger partial charge in [-0.3, -0.25) is 4.68 Å². The van der Waals surface area contributed by atoms with E-state index in [1.165, 1.54) is 37.7 Å². The molecule has 96 valence electrons. The lowest BCUT2D eigenvalue weighted by Crippen LogP contribution is -2.28. The van der Waals surface area contributed by atoms with E-state index in [0.29, 0.717) is 5.41 Å². The van der Waals surface area contributed by atoms with Crippen LogP contribution in [0.4, 0.5) is 0 Å². The summed E-state index contributed by atoms with van der Waals surface area (Å²) >= 11 is 0. The van der Waals surface area contributed by atoms with Crippen molar-refractivity contribution in [1.29, 1.82) is 0 Å². The quantitative estimate of drug-likeness (QED) is 0.852. The van der Waals surface area contributed by atoms with E-state index >= 15 is 0 Å². The molecule has 2 rings (SSSR count). The summed E-state index contributed by atoms with van der Waals surface area (Å²) in [7, 11) is 1.98. The summed E-state index contributed by atoms with van der Waals surface area (Å²) < 4.78 is 1.88. The molecule has 1 aliphatic carbocycles. The highest BCUT2D eigenvalue weighted by Crippen LogP contribution is 2.45. The molecule has 2 N–H and O–H groups in total. The minimum absolute atomic E-state index is 0.413. The largest absolute Gasteiger partial charge is 0.330 e. The summed E-state index contributed by atoms with van der Waals surface area (Å²) in [5.41, 5.74) is 7.79. The molecule has 2 unspecified atom stereocenters. The predicted octanol–water partition coefficient (Wildman–Crippen LogP) is 2.51. The van der Waals surface area contributed by atoms with Crippen molar-refractivity contribution >= 4 is 0 Å². The Morgan fingerprint density at radius 3 is 2.94 bits per heavy atom. The Bertz CT molecular complexity index is 358. The number of aryl methyl sites for hydroxylation is 2. The maximum Gasteiger partial charge on any atom is 0.0521 e. The van der Waals surface area contributed by atoms with Gasteiger partial charge < -0.3 is 5.73 Å². The van der Waals surface area contributed by atoms with Crippen LogP contribution in [0.5, 0.6) is 0 Å². The second kappa shape index (κ2) is 5.21. The van der Waals surface area contributed by atoms with E-state index < -0.39 is 0 Å². The van der Waals surface area contributed by atoms with Crippen LogP contribution in [0, 0.1) is 11.3 Å². The van der Waals surface area contributed by atoms with E-state index in [1.54, 1.807) is 0 Å². The third-order valence-corrected chi connectivity index (χ3v) is 4.52. The molecule has 0 aromatic carbocycles. The molecular weight excluding hydrogens is 210 g/mol. The molecule has 3 nitrogen and oxygen atoms in total. The van der Waals surface area contributed by atoms with Gasteiger partial charge >= 0.3 is 0 Å². The van der Waals surface area contributed by atoms with Gasteiger partial charge in [0.1, 0.15) is 0 Å². The average Bonchev–Trinajstić information content (AvgIpc) is 2.94. The molecule has 1 saturated carbocycles. The van der Waals surface area contributed by atoms with E-state index in [9.17, 15) is 0 Å². The van der Waals surface area contributed by atoms with Crippen LogP contribution in [-0.4, -0.2) is 16.3 Å². The highest BCUT2D eigenvalue weighted by atomic mass is 15.2. The first-order chi connectivity index (χ1) is 8.17. The SMILES string of the molecule is CCC1CCC(CN)(CCc2cnn(C)c2)C1. The molecule has 0 spiro atoms. The zero-order valence-corrected chi connectivity index (χ0v) is 11.2. The lowest BCUT2D eigenvalue weighted by atomic mass is 9.80. The Balaban J connectivity index is 1.92. The number of nitrogens with zero attached hydrogens (tertiary/aromatic N) is 2. The molecular formula is C14H25N3. The Hall–Kier alpha value is -0.830. The van der Waals surface area contributed by atoms with Crippen molar-refractivity contribution in [3.05, 3.63) is 18.0 Å². The molecule has 0 aliphatic heterocycles. The first-order valence-corrected chi connectivity index (χ1v) is 6.85. The van der Waals surface area contributed by atoms with Crippen molar-refractivity contribution < 1.29 is 0 Å². The number of rotatable bonds is 5. The van der Waals surface area contributed by atoms with Crippen molar-refractivity contribution in [2.45, 2.75) is 45.4 Å². The summed E-state index contributed by atoms with van der Waals surface area (Å²) in [6.45, 7) is 3.15. The van der Waals surface area contributed by atoms with E-state index in [1.807, 2.05) is 17.9 Å². The first kappa shape index (κ1) is 12.6. The molecule has 2 atom stereocenters. The van der Waals surface area contributed by atoms with Gasteiger partial charge in [0.05, 0.1) is 6.20 Å². The smallest absolute Gasteiger partial charge is 0.0521 e. The second-order valence-corrected chi connectivity index (χ2v) is 5.74. The summed E-state index contributed by atoms with van der Waals surface area (Å²) in [5, 5.41) is 4.23. The van der Waals surface area contributed by atoms with Crippen molar-refractivity contribution in [3.8, 4) is 0 Å². The monoisotopic (exact) mass is 235 g/mol. The standard InChI is InChI=1S/C14H25N3/c1-3-12-4-6-14(8-12,11-15)7-5-13-9-16-17(2)10-13/h9-10,12H,3-8,11,15H2,1-2H3. The molecule has 1 fully saturated rings. The Morgan fingerprint density at radius 2 is 2.41 bits per heavy atom. The third kappa shape index (κ3) is 2.89. The van der Waals surface area contributed by atoms with Gasteiger partial charge in [0, 0.05) is 13.2 Å². The predicted molar refractivity (Wildman–Crippen MR) is 70.6 cm³/mol. The van der Waals surface area contributed by atoms with E-state index in [4.69, 9.17) is 5.73 Å². The maximum absolute atomic E-state index is 6.03. The van der Waals surface area contributed by atoms with E-state index in [2.05, 4.69) is 18.2 Å². The number of hydrogen-bond acceptors (Lipinski definition) is 2. The van der Waals surface area contributed by atoms with Crippen LogP contribution < -0.4 is 5.73 Å². The Labute approximate surface area is 104 Å². The van der Waals surface area contributed by atoms with Crippen LogP contribution in [-0.2, 0) is 13.5 Å². The Morgan fingerprint density at radius 1 is 1.59 bits per heavy atom. The Kier molecular flexibility index (Phi) is 3.87. The topological polar surface area (TPSA) is 43.8 Å². The molecule has 0 amide bonds. The minimum Gasteiger partial charge on any atom is -0.330 e. The zero-order chi connectivity index (χ0) is 12.3. The molecule has 1 aromatic heterocycles. The van der Waals surface area contributed by atoms with E-state index in [0.717, 1.165) is 18.9 Å². The summed E-state index contributed by atoms with van der Waals surface area (Å²) in [4.78, 5) is 0. The van der Waals surface area contributed by atoms with Gasteiger partial charge in [-0.05, 0) is 55.5 Å². The van der Waals surface area contributed by atoms with Gasteiger partial charge in [-0.1, -0.05) is 13.3 Å². The lowest BCUT2D eigenvalue weighted by Gasteiger charge is -2.27. The van der Waals surface area contributed by atoms with Crippen LogP contribution in [0.25, 0.3) is 0 Å². The van der Waals surface area contributed by atoms with Crippen LogP contribution in [0.2, 0.25) is 0 Å². The fourth-order valence-electron chi connectivity index (χ4n) is 3.20. The second-order valence-electron chi connectivity index (χ2n) is 5.74. The molecule has 3 heteroatoms. The zero-order valence-electron chi connectivity index (χ0n) is 11.2. The molecule has 1 aromatic rings. The number of aromatic nitrogens is 2. The van der Waals surface area contributed by atoms with Crippen LogP contribution >= 0.6 is 0 Å². The van der Waals surface area contributed by atoms with Crippen molar-refractivity contribution in [2.24, 2.45) is 24.1 Å². The molecule has 0 radical (unpaired) electrons. The molecule has 1 heterocycles. The molecule has 0 saturated heterocycles. The van der Waals surface area contributed by atoms with Gasteiger partial charge in [-0.25, -0.2) is 0 Å². The summed E-state index contributed by atoms with van der Waals surface area (Å²) in [5.74, 6) is 0.910. The fraction of sp³-hybridized carbons (Fsp3) is 0.786. The lowest BCUT2D eigenvalue weighted by molar-refractivity contribution is 0.269. The van der Waals surface area contributed by atoms with Crippen LogP contribution in [0.1, 0.15) is 44.6 Å². The highest BCUT2D eigenvalue weighted by Gasteiger charge is 2.36. The van der Waals surface area contributed by atoms with Gasteiger partial charge in [0.15, 0.2) is 0 Å². The minimum atomic E-state index is 0.413. The number of hydrogen-bond donors (Lipinski definition) is 1. The van der Waals surface area contributed by atoms with Gasteiger partial charge in [0.25, 0.3) is 0 Å². The maximum atomic E-state index is 6.03. The first-order valence-electron chi connectivity index (χ1n) is 6.85. The summed E-state index contributed by atoms with van der Waals surface area (Å²) in [6, 6.07) is 0. The third-order valence-electron chi connectivity index (χ3n) is 4.52.